The normalized spacial score (nSPS) is 15.7. The maximum absolute atomic E-state index is 12.6. The van der Waals surface area contributed by atoms with Crippen molar-refractivity contribution in [1.82, 2.24) is 5.32 Å². The van der Waals surface area contributed by atoms with Crippen molar-refractivity contribution in [3.8, 4) is 0 Å². The summed E-state index contributed by atoms with van der Waals surface area (Å²) in [5, 5.41) is 3.91. The fraction of sp³-hybridized carbons (Fsp3) is 0.316. The minimum absolute atomic E-state index is 0.0413. The summed E-state index contributed by atoms with van der Waals surface area (Å²) >= 11 is 5.98. The van der Waals surface area contributed by atoms with Crippen LogP contribution in [0.15, 0.2) is 48.5 Å². The van der Waals surface area contributed by atoms with Crippen LogP contribution in [0, 0.1) is 5.92 Å². The number of halogens is 1. The topological polar surface area (TPSA) is 55.1 Å². The molecule has 4 heteroatoms. The van der Waals surface area contributed by atoms with Gasteiger partial charge in [0.25, 0.3) is 5.91 Å². The zero-order valence-electron chi connectivity index (χ0n) is 13.0. The van der Waals surface area contributed by atoms with Gasteiger partial charge in [0.15, 0.2) is 0 Å². The largest absolute Gasteiger partial charge is 0.345 e. The van der Waals surface area contributed by atoms with Crippen molar-refractivity contribution in [2.75, 3.05) is 0 Å². The Hall–Kier alpha value is -1.84. The lowest BCUT2D eigenvalue weighted by Crippen LogP contribution is -2.36. The summed E-state index contributed by atoms with van der Waals surface area (Å²) in [6.07, 6.45) is 3.54. The van der Waals surface area contributed by atoms with Gasteiger partial charge in [-0.15, -0.1) is 0 Å². The number of carbonyl (C=O) groups excluding carboxylic acids is 1. The van der Waals surface area contributed by atoms with Gasteiger partial charge in [-0.3, -0.25) is 4.79 Å². The van der Waals surface area contributed by atoms with E-state index < -0.39 is 0 Å². The van der Waals surface area contributed by atoms with Crippen molar-refractivity contribution < 1.29 is 4.79 Å². The lowest BCUT2D eigenvalue weighted by Gasteiger charge is -2.34. The Balaban J connectivity index is 1.77. The number of nitrogens with one attached hydrogen (secondary N) is 1. The van der Waals surface area contributed by atoms with E-state index in [0.29, 0.717) is 23.0 Å². The van der Waals surface area contributed by atoms with Crippen LogP contribution in [0.4, 0.5) is 0 Å². The molecule has 2 aromatic carbocycles. The van der Waals surface area contributed by atoms with Gasteiger partial charge in [-0.25, -0.2) is 0 Å². The third-order valence-corrected chi connectivity index (χ3v) is 4.84. The average Bonchev–Trinajstić information content (AvgIpc) is 2.53. The molecule has 0 radical (unpaired) electrons. The maximum atomic E-state index is 12.6. The van der Waals surface area contributed by atoms with Crippen molar-refractivity contribution in [1.29, 1.82) is 0 Å². The standard InChI is InChI=1S/C19H21ClN2O/c20-17-10-8-15(9-11-17)18(14-2-1-3-14)22-19(23)16-6-4-13(12-21)5-7-16/h4-11,14,18H,1-3,12,21H2,(H,22,23). The minimum Gasteiger partial charge on any atom is -0.345 e. The van der Waals surface area contributed by atoms with Crippen LogP contribution >= 0.6 is 11.6 Å². The molecule has 0 aliphatic heterocycles. The molecule has 1 unspecified atom stereocenters. The van der Waals surface area contributed by atoms with Crippen LogP contribution in [0.1, 0.15) is 46.8 Å². The predicted molar refractivity (Wildman–Crippen MR) is 93.3 cm³/mol. The second-order valence-corrected chi connectivity index (χ2v) is 6.53. The van der Waals surface area contributed by atoms with Gasteiger partial charge in [0.1, 0.15) is 0 Å². The number of hydrogen-bond acceptors (Lipinski definition) is 2. The molecule has 0 saturated heterocycles. The smallest absolute Gasteiger partial charge is 0.251 e. The van der Waals surface area contributed by atoms with Crippen LogP contribution in [0.5, 0.6) is 0 Å². The highest BCUT2D eigenvalue weighted by atomic mass is 35.5. The van der Waals surface area contributed by atoms with Crippen LogP contribution < -0.4 is 11.1 Å². The first-order chi connectivity index (χ1) is 11.2. The van der Waals surface area contributed by atoms with Crippen LogP contribution in [-0.2, 0) is 6.54 Å². The van der Waals surface area contributed by atoms with E-state index in [-0.39, 0.29) is 11.9 Å². The summed E-state index contributed by atoms with van der Waals surface area (Å²) in [7, 11) is 0. The molecule has 1 amide bonds. The van der Waals surface area contributed by atoms with Gasteiger partial charge in [-0.1, -0.05) is 42.3 Å². The van der Waals surface area contributed by atoms with E-state index in [4.69, 9.17) is 17.3 Å². The minimum atomic E-state index is -0.0413. The van der Waals surface area contributed by atoms with Crippen LogP contribution in [0.3, 0.4) is 0 Å². The van der Waals surface area contributed by atoms with E-state index in [0.717, 1.165) is 24.0 Å². The lowest BCUT2D eigenvalue weighted by molar-refractivity contribution is 0.0900. The number of rotatable bonds is 5. The molecule has 3 nitrogen and oxygen atoms in total. The third kappa shape index (κ3) is 3.74. The molecule has 2 aromatic rings. The molecule has 1 aliphatic rings. The lowest BCUT2D eigenvalue weighted by atomic mass is 9.77. The van der Waals surface area contributed by atoms with E-state index >= 15 is 0 Å². The molecule has 0 spiro atoms. The van der Waals surface area contributed by atoms with Crippen molar-refractivity contribution in [3.63, 3.8) is 0 Å². The second-order valence-electron chi connectivity index (χ2n) is 6.09. The third-order valence-electron chi connectivity index (χ3n) is 4.59. The molecule has 1 aliphatic carbocycles. The van der Waals surface area contributed by atoms with E-state index in [2.05, 4.69) is 5.32 Å². The molecule has 0 heterocycles. The molecule has 3 rings (SSSR count). The molecule has 3 N–H and O–H groups in total. The van der Waals surface area contributed by atoms with Crippen molar-refractivity contribution in [2.24, 2.45) is 11.7 Å². The molecule has 23 heavy (non-hydrogen) atoms. The first kappa shape index (κ1) is 16.0. The average molecular weight is 329 g/mol. The van der Waals surface area contributed by atoms with E-state index in [1.807, 2.05) is 48.5 Å². The first-order valence-corrected chi connectivity index (χ1v) is 8.40. The summed E-state index contributed by atoms with van der Waals surface area (Å²) in [5.41, 5.74) is 8.41. The Morgan fingerprint density at radius 2 is 1.78 bits per heavy atom. The summed E-state index contributed by atoms with van der Waals surface area (Å²) in [6, 6.07) is 15.3. The molecule has 1 fully saturated rings. The van der Waals surface area contributed by atoms with Crippen LogP contribution in [0.2, 0.25) is 5.02 Å². The number of carbonyl (C=O) groups is 1. The van der Waals surface area contributed by atoms with Crippen LogP contribution in [0.25, 0.3) is 0 Å². The Morgan fingerprint density at radius 1 is 1.13 bits per heavy atom. The summed E-state index contributed by atoms with van der Waals surface area (Å²) in [6.45, 7) is 0.484. The molecule has 0 aromatic heterocycles. The SMILES string of the molecule is NCc1ccc(C(=O)NC(c2ccc(Cl)cc2)C2CCC2)cc1. The summed E-state index contributed by atoms with van der Waals surface area (Å²) in [5.74, 6) is 0.462. The molecule has 1 saturated carbocycles. The molecular formula is C19H21ClN2O. The number of benzene rings is 2. The van der Waals surface area contributed by atoms with E-state index in [1.165, 1.54) is 6.42 Å². The molecule has 0 bridgehead atoms. The Morgan fingerprint density at radius 3 is 2.30 bits per heavy atom. The zero-order chi connectivity index (χ0) is 16.2. The fourth-order valence-electron chi connectivity index (χ4n) is 2.93. The van der Waals surface area contributed by atoms with Gasteiger partial charge in [-0.05, 0) is 54.2 Å². The number of hydrogen-bond donors (Lipinski definition) is 2. The number of amides is 1. The van der Waals surface area contributed by atoms with Gasteiger partial charge in [0.05, 0.1) is 6.04 Å². The maximum Gasteiger partial charge on any atom is 0.251 e. The molecule has 120 valence electrons. The summed E-state index contributed by atoms with van der Waals surface area (Å²) < 4.78 is 0. The monoisotopic (exact) mass is 328 g/mol. The molecule has 1 atom stereocenters. The van der Waals surface area contributed by atoms with Gasteiger partial charge < -0.3 is 11.1 Å². The zero-order valence-corrected chi connectivity index (χ0v) is 13.7. The van der Waals surface area contributed by atoms with Crippen molar-refractivity contribution in [2.45, 2.75) is 31.8 Å². The Bertz CT molecular complexity index is 663. The fourth-order valence-corrected chi connectivity index (χ4v) is 3.06. The predicted octanol–water partition coefficient (Wildman–Crippen LogP) is 4.07. The van der Waals surface area contributed by atoms with E-state index in [9.17, 15) is 4.79 Å². The highest BCUT2D eigenvalue weighted by Crippen LogP contribution is 2.38. The highest BCUT2D eigenvalue weighted by Gasteiger charge is 2.29. The first-order valence-electron chi connectivity index (χ1n) is 8.02. The van der Waals surface area contributed by atoms with Gasteiger partial charge in [-0.2, -0.15) is 0 Å². The Labute approximate surface area is 141 Å². The van der Waals surface area contributed by atoms with E-state index in [1.54, 1.807) is 0 Å². The van der Waals surface area contributed by atoms with Crippen molar-refractivity contribution >= 4 is 17.5 Å². The van der Waals surface area contributed by atoms with Crippen LogP contribution in [-0.4, -0.2) is 5.91 Å². The van der Waals surface area contributed by atoms with Crippen molar-refractivity contribution in [3.05, 3.63) is 70.2 Å². The highest BCUT2D eigenvalue weighted by molar-refractivity contribution is 6.30. The van der Waals surface area contributed by atoms with Gasteiger partial charge in [0.2, 0.25) is 0 Å². The van der Waals surface area contributed by atoms with Gasteiger partial charge >= 0.3 is 0 Å². The molecular weight excluding hydrogens is 308 g/mol. The second kappa shape index (κ2) is 7.16. The summed E-state index contributed by atoms with van der Waals surface area (Å²) in [4.78, 5) is 12.6. The number of nitrogens with two attached hydrogens (primary N) is 1. The van der Waals surface area contributed by atoms with Gasteiger partial charge in [0, 0.05) is 17.1 Å². The Kier molecular flexibility index (Phi) is 4.99. The quantitative estimate of drug-likeness (QED) is 0.869.